The molecule has 2 fully saturated rings. The topological polar surface area (TPSA) is 83.9 Å². The first-order valence-corrected chi connectivity index (χ1v) is 13.9. The van der Waals surface area contributed by atoms with Gasteiger partial charge < -0.3 is 24.4 Å². The molecule has 0 unspecified atom stereocenters. The molecule has 9 heteroatoms. The zero-order valence-electron chi connectivity index (χ0n) is 22.0. The van der Waals surface area contributed by atoms with Crippen molar-refractivity contribution >= 4 is 39.2 Å². The molecular formula is C31H29FN4O4. The average molecular weight is 541 g/mol. The minimum atomic E-state index is -0.782. The monoisotopic (exact) mass is 540 g/mol. The Morgan fingerprint density at radius 3 is 2.40 bits per heavy atom. The van der Waals surface area contributed by atoms with E-state index in [1.807, 2.05) is 36.4 Å². The van der Waals surface area contributed by atoms with Crippen LogP contribution in [0.15, 0.2) is 53.5 Å². The second kappa shape index (κ2) is 9.75. The van der Waals surface area contributed by atoms with Crippen molar-refractivity contribution in [1.82, 2.24) is 14.4 Å². The van der Waals surface area contributed by atoms with Gasteiger partial charge in [0.1, 0.15) is 16.8 Å². The summed E-state index contributed by atoms with van der Waals surface area (Å²) in [5, 5.41) is 4.62. The number of pyridine rings is 1. The summed E-state index contributed by atoms with van der Waals surface area (Å²) in [6.45, 7) is 3.69. The van der Waals surface area contributed by atoms with E-state index in [9.17, 15) is 14.4 Å². The fourth-order valence-electron chi connectivity index (χ4n) is 6.13. The molecule has 0 radical (unpaired) electrons. The average Bonchev–Trinajstić information content (AvgIpc) is 3.69. The summed E-state index contributed by atoms with van der Waals surface area (Å²) in [7, 11) is 0. The molecule has 0 bridgehead atoms. The number of rotatable bonds is 5. The van der Waals surface area contributed by atoms with Crippen LogP contribution in [0.1, 0.15) is 42.5 Å². The summed E-state index contributed by atoms with van der Waals surface area (Å²) in [6, 6.07) is 12.7. The van der Waals surface area contributed by atoms with Crippen LogP contribution in [-0.2, 0) is 4.79 Å². The van der Waals surface area contributed by atoms with Gasteiger partial charge in [-0.3, -0.25) is 14.4 Å². The third-order valence-electron chi connectivity index (χ3n) is 8.24. The van der Waals surface area contributed by atoms with E-state index < -0.39 is 11.2 Å². The van der Waals surface area contributed by atoms with E-state index >= 15 is 4.39 Å². The zero-order valence-corrected chi connectivity index (χ0v) is 22.0. The van der Waals surface area contributed by atoms with Crippen molar-refractivity contribution in [3.8, 4) is 17.2 Å². The van der Waals surface area contributed by atoms with E-state index in [1.165, 1.54) is 0 Å². The highest BCUT2D eigenvalue weighted by molar-refractivity contribution is 6.04. The Bertz CT molecular complexity index is 1750. The number of hydrogen-bond acceptors (Lipinski definition) is 5. The fraction of sp³-hybridized carbons (Fsp3) is 0.323. The Kier molecular flexibility index (Phi) is 6.04. The number of carbonyl (C=O) groups excluding carboxylic acids is 2. The van der Waals surface area contributed by atoms with Gasteiger partial charge in [0.2, 0.25) is 11.3 Å². The van der Waals surface area contributed by atoms with Crippen LogP contribution in [-0.4, -0.2) is 58.9 Å². The van der Waals surface area contributed by atoms with E-state index in [0.29, 0.717) is 36.6 Å². The second-order valence-corrected chi connectivity index (χ2v) is 10.8. The van der Waals surface area contributed by atoms with Gasteiger partial charge in [0.25, 0.3) is 5.91 Å². The minimum Gasteiger partial charge on any atom is -0.451 e. The van der Waals surface area contributed by atoms with Crippen LogP contribution >= 0.6 is 0 Å². The van der Waals surface area contributed by atoms with E-state index in [-0.39, 0.29) is 40.6 Å². The summed E-state index contributed by atoms with van der Waals surface area (Å²) in [4.78, 5) is 43.9. The van der Waals surface area contributed by atoms with Crippen molar-refractivity contribution in [3.63, 3.8) is 0 Å². The number of hydrogen-bond donors (Lipinski definition) is 1. The number of likely N-dealkylation sites (tertiary alicyclic amines) is 2. The molecular weight excluding hydrogens is 511 g/mol. The Hall–Kier alpha value is -4.24. The molecule has 0 saturated carbocycles. The summed E-state index contributed by atoms with van der Waals surface area (Å²) in [6.07, 6.45) is 5.77. The maximum Gasteiger partial charge on any atom is 0.259 e. The van der Waals surface area contributed by atoms with E-state index in [2.05, 4.69) is 10.2 Å². The number of ether oxygens (including phenoxy) is 1. The highest BCUT2D eigenvalue weighted by Gasteiger charge is 2.31. The first-order chi connectivity index (χ1) is 19.5. The highest BCUT2D eigenvalue weighted by Crippen LogP contribution is 2.46. The Morgan fingerprint density at radius 2 is 1.65 bits per heavy atom. The van der Waals surface area contributed by atoms with Crippen LogP contribution in [0.2, 0.25) is 0 Å². The van der Waals surface area contributed by atoms with Gasteiger partial charge in [0.05, 0.1) is 11.1 Å². The van der Waals surface area contributed by atoms with Gasteiger partial charge in [0.15, 0.2) is 17.3 Å². The molecule has 3 aromatic carbocycles. The molecule has 0 spiro atoms. The number of fused-ring (bicyclic) bond motifs is 3. The number of halogens is 1. The number of anilines is 1. The summed E-state index contributed by atoms with van der Waals surface area (Å²) in [5.41, 5.74) is 0.280. The molecule has 3 aliphatic rings. The lowest BCUT2D eigenvalue weighted by Crippen LogP contribution is -2.33. The summed E-state index contributed by atoms with van der Waals surface area (Å²) in [5.74, 6) is -0.971. The summed E-state index contributed by atoms with van der Waals surface area (Å²) >= 11 is 0. The Balaban J connectivity index is 1.39. The van der Waals surface area contributed by atoms with Crippen molar-refractivity contribution in [3.05, 3.63) is 70.3 Å². The van der Waals surface area contributed by atoms with E-state index in [4.69, 9.17) is 4.74 Å². The molecule has 40 heavy (non-hydrogen) atoms. The van der Waals surface area contributed by atoms with Crippen molar-refractivity contribution < 1.29 is 18.7 Å². The molecule has 7 rings (SSSR count). The first-order valence-electron chi connectivity index (χ1n) is 13.9. The number of carbonyl (C=O) groups is 2. The zero-order chi connectivity index (χ0) is 27.4. The van der Waals surface area contributed by atoms with Gasteiger partial charge in [-0.15, -0.1) is 0 Å². The van der Waals surface area contributed by atoms with Gasteiger partial charge in [-0.25, -0.2) is 4.39 Å². The molecule has 4 heterocycles. The molecule has 8 nitrogen and oxygen atoms in total. The van der Waals surface area contributed by atoms with Crippen LogP contribution < -0.4 is 15.5 Å². The summed E-state index contributed by atoms with van der Waals surface area (Å²) < 4.78 is 23.7. The molecule has 0 atom stereocenters. The van der Waals surface area contributed by atoms with E-state index in [0.717, 1.165) is 55.6 Å². The number of amides is 2. The lowest BCUT2D eigenvalue weighted by molar-refractivity contribution is -0.116. The predicted molar refractivity (Wildman–Crippen MR) is 151 cm³/mol. The molecule has 1 aromatic heterocycles. The normalized spacial score (nSPS) is 16.4. The van der Waals surface area contributed by atoms with Gasteiger partial charge in [0, 0.05) is 32.3 Å². The third kappa shape index (κ3) is 4.12. The maximum atomic E-state index is 15.7. The lowest BCUT2D eigenvalue weighted by Gasteiger charge is -2.27. The second-order valence-electron chi connectivity index (χ2n) is 10.8. The number of aromatic nitrogens is 1. The van der Waals surface area contributed by atoms with E-state index in [1.54, 1.807) is 15.7 Å². The predicted octanol–water partition coefficient (Wildman–Crippen LogP) is 5.05. The highest BCUT2D eigenvalue weighted by atomic mass is 19.1. The minimum absolute atomic E-state index is 0.0110. The van der Waals surface area contributed by atoms with Gasteiger partial charge in [-0.05, 0) is 67.7 Å². The molecule has 204 valence electrons. The van der Waals surface area contributed by atoms with Crippen LogP contribution in [0.4, 0.5) is 10.1 Å². The van der Waals surface area contributed by atoms with Gasteiger partial charge in [-0.1, -0.05) is 24.3 Å². The molecule has 0 aliphatic carbocycles. The Labute approximate surface area is 229 Å². The standard InChI is InChI=1S/C31H29FN4O4/c32-23-17-21-28-30(27(23)33-26(37)9-14-34-10-3-4-11-34)40-25-16-20-8-2-1-7-19(20)15-24(25)36(28)18-22(29(21)38)31(39)35-12-5-6-13-35/h1-2,7-8,15-18H,3-6,9-14H2,(H,33,37). The first kappa shape index (κ1) is 24.8. The van der Waals surface area contributed by atoms with Crippen molar-refractivity contribution in [2.75, 3.05) is 38.0 Å². The molecule has 4 aromatic rings. The largest absolute Gasteiger partial charge is 0.451 e. The fourth-order valence-corrected chi connectivity index (χ4v) is 6.13. The van der Waals surface area contributed by atoms with Crippen molar-refractivity contribution in [2.24, 2.45) is 0 Å². The van der Waals surface area contributed by atoms with Crippen LogP contribution in [0, 0.1) is 5.82 Å². The van der Waals surface area contributed by atoms with Crippen LogP contribution in [0.25, 0.3) is 27.4 Å². The quantitative estimate of drug-likeness (QED) is 0.337. The SMILES string of the molecule is O=C(CCN1CCCC1)Nc1c(F)cc2c(=O)c(C(=O)N3CCCC3)cn3c2c1Oc1cc2ccccc2cc1-3. The maximum absolute atomic E-state index is 15.7. The molecule has 2 amide bonds. The van der Waals surface area contributed by atoms with Gasteiger partial charge in [-0.2, -0.15) is 0 Å². The van der Waals surface area contributed by atoms with Crippen molar-refractivity contribution in [2.45, 2.75) is 32.1 Å². The molecule has 2 saturated heterocycles. The van der Waals surface area contributed by atoms with Crippen molar-refractivity contribution in [1.29, 1.82) is 0 Å². The Morgan fingerprint density at radius 1 is 0.950 bits per heavy atom. The number of nitrogens with zero attached hydrogens (tertiary/aromatic N) is 3. The van der Waals surface area contributed by atoms with Crippen LogP contribution in [0.3, 0.4) is 0 Å². The van der Waals surface area contributed by atoms with Crippen LogP contribution in [0.5, 0.6) is 11.5 Å². The lowest BCUT2D eigenvalue weighted by atomic mass is 10.0. The van der Waals surface area contributed by atoms with Gasteiger partial charge >= 0.3 is 0 Å². The smallest absolute Gasteiger partial charge is 0.259 e. The molecule has 3 aliphatic heterocycles. The third-order valence-corrected chi connectivity index (χ3v) is 8.24. The number of nitrogens with one attached hydrogen (secondary N) is 1. The molecule has 1 N–H and O–H groups in total. The number of benzene rings is 3.